The summed E-state index contributed by atoms with van der Waals surface area (Å²) in [5.74, 6) is -1.04. The van der Waals surface area contributed by atoms with Gasteiger partial charge in [0.1, 0.15) is 0 Å². The van der Waals surface area contributed by atoms with Crippen LogP contribution in [-0.4, -0.2) is 23.7 Å². The number of rotatable bonds is 4. The van der Waals surface area contributed by atoms with Crippen molar-refractivity contribution in [3.8, 4) is 0 Å². The van der Waals surface area contributed by atoms with Crippen LogP contribution in [0.25, 0.3) is 0 Å². The van der Waals surface area contributed by atoms with Gasteiger partial charge in [-0.15, -0.1) is 0 Å². The van der Waals surface area contributed by atoms with Crippen LogP contribution in [0.5, 0.6) is 0 Å². The van der Waals surface area contributed by atoms with Gasteiger partial charge in [0.05, 0.1) is 6.61 Å². The Hall–Kier alpha value is -1.32. The Balaban J connectivity index is 0. The van der Waals surface area contributed by atoms with Crippen molar-refractivity contribution >= 4 is 11.9 Å². The number of carbonyl (C=O) groups excluding carboxylic acids is 1. The summed E-state index contributed by atoms with van der Waals surface area (Å²) < 4.78 is 4.71. The lowest BCUT2D eigenvalue weighted by Crippen LogP contribution is -2.04. The molecule has 0 aromatic rings. The highest BCUT2D eigenvalue weighted by Gasteiger charge is 1.99. The van der Waals surface area contributed by atoms with Crippen LogP contribution in [0.15, 0.2) is 12.2 Å². The minimum atomic E-state index is -0.745. The quantitative estimate of drug-likeness (QED) is 0.559. The molecule has 0 aliphatic rings. The molecule has 0 saturated carbocycles. The van der Waals surface area contributed by atoms with Crippen LogP contribution < -0.4 is 0 Å². The first kappa shape index (κ1) is 15.2. The predicted molar refractivity (Wildman–Crippen MR) is 54.0 cm³/mol. The van der Waals surface area contributed by atoms with Gasteiger partial charge < -0.3 is 9.84 Å². The van der Waals surface area contributed by atoms with Gasteiger partial charge in [0, 0.05) is 12.0 Å². The lowest BCUT2D eigenvalue weighted by molar-refractivity contribution is -0.139. The molecule has 0 heterocycles. The van der Waals surface area contributed by atoms with Gasteiger partial charge in [0.25, 0.3) is 0 Å². The van der Waals surface area contributed by atoms with E-state index in [4.69, 9.17) is 9.84 Å². The van der Waals surface area contributed by atoms with Gasteiger partial charge in [-0.25, -0.2) is 4.79 Å². The highest BCUT2D eigenvalue weighted by molar-refractivity contribution is 5.86. The van der Waals surface area contributed by atoms with Crippen LogP contribution in [0.4, 0.5) is 0 Å². The fourth-order valence-corrected chi connectivity index (χ4v) is 0.318. The minimum absolute atomic E-state index is 0.222. The Morgan fingerprint density at radius 3 is 2.00 bits per heavy atom. The van der Waals surface area contributed by atoms with E-state index in [0.29, 0.717) is 12.2 Å². The summed E-state index contributed by atoms with van der Waals surface area (Å²) in [5.41, 5.74) is 0.462. The molecule has 0 amide bonds. The minimum Gasteiger partial charge on any atom is -0.481 e. The summed E-state index contributed by atoms with van der Waals surface area (Å²) in [4.78, 5) is 19.9. The summed E-state index contributed by atoms with van der Waals surface area (Å²) in [6.45, 7) is 9.11. The molecule has 4 nitrogen and oxygen atoms in total. The van der Waals surface area contributed by atoms with E-state index >= 15 is 0 Å². The Kier molecular flexibility index (Phi) is 10.6. The molecule has 0 aromatic carbocycles. The predicted octanol–water partition coefficient (Wildman–Crippen LogP) is 2.00. The first-order chi connectivity index (χ1) is 6.45. The molecule has 82 valence electrons. The molecule has 0 aliphatic heterocycles. The second kappa shape index (κ2) is 9.77. The third kappa shape index (κ3) is 13.3. The fourth-order valence-electron chi connectivity index (χ4n) is 0.318. The zero-order chi connectivity index (χ0) is 11.6. The first-order valence-corrected chi connectivity index (χ1v) is 4.50. The average Bonchev–Trinajstić information content (AvgIpc) is 2.14. The zero-order valence-electron chi connectivity index (χ0n) is 9.00. The molecule has 0 aromatic heterocycles. The number of ether oxygens (including phenoxy) is 1. The fraction of sp³-hybridized carbons (Fsp3) is 0.600. The molecule has 0 atom stereocenters. The Labute approximate surface area is 84.6 Å². The lowest BCUT2D eigenvalue weighted by Gasteiger charge is -1.99. The van der Waals surface area contributed by atoms with Crippen molar-refractivity contribution in [2.45, 2.75) is 33.6 Å². The van der Waals surface area contributed by atoms with E-state index in [-0.39, 0.29) is 12.4 Å². The highest BCUT2D eigenvalue weighted by Crippen LogP contribution is 1.91. The molecule has 0 fully saturated rings. The SMILES string of the molecule is C=C(C)C(=O)OCCC.CCC(=O)O. The Morgan fingerprint density at radius 2 is 1.79 bits per heavy atom. The third-order valence-corrected chi connectivity index (χ3v) is 1.09. The average molecular weight is 202 g/mol. The zero-order valence-corrected chi connectivity index (χ0v) is 9.00. The number of carbonyl (C=O) groups is 2. The topological polar surface area (TPSA) is 63.6 Å². The molecule has 0 spiro atoms. The Bertz CT molecular complexity index is 196. The van der Waals surface area contributed by atoms with Crippen molar-refractivity contribution < 1.29 is 19.4 Å². The normalized spacial score (nSPS) is 8.21. The monoisotopic (exact) mass is 202 g/mol. The van der Waals surface area contributed by atoms with E-state index in [1.54, 1.807) is 13.8 Å². The number of aliphatic carboxylic acids is 1. The van der Waals surface area contributed by atoms with Crippen molar-refractivity contribution in [3.63, 3.8) is 0 Å². The number of carboxylic acids is 1. The molecule has 4 heteroatoms. The van der Waals surface area contributed by atoms with Gasteiger partial charge in [-0.2, -0.15) is 0 Å². The summed E-state index contributed by atoms with van der Waals surface area (Å²) in [5, 5.41) is 7.72. The maximum atomic E-state index is 10.6. The molecular formula is C10H18O4. The third-order valence-electron chi connectivity index (χ3n) is 1.09. The lowest BCUT2D eigenvalue weighted by atomic mass is 10.4. The molecule has 0 radical (unpaired) electrons. The molecule has 14 heavy (non-hydrogen) atoms. The summed E-state index contributed by atoms with van der Waals surface area (Å²) in [6, 6.07) is 0. The molecule has 0 unspecified atom stereocenters. The van der Waals surface area contributed by atoms with Gasteiger partial charge in [0.15, 0.2) is 0 Å². The maximum Gasteiger partial charge on any atom is 0.333 e. The van der Waals surface area contributed by atoms with Crippen molar-refractivity contribution in [2.24, 2.45) is 0 Å². The number of hydrogen-bond donors (Lipinski definition) is 1. The van der Waals surface area contributed by atoms with E-state index in [1.807, 2.05) is 6.92 Å². The second-order valence-electron chi connectivity index (χ2n) is 2.66. The summed E-state index contributed by atoms with van der Waals surface area (Å²) in [6.07, 6.45) is 1.08. The molecular weight excluding hydrogens is 184 g/mol. The van der Waals surface area contributed by atoms with Gasteiger partial charge in [-0.05, 0) is 13.3 Å². The number of carboxylic acid groups (broad SMARTS) is 1. The van der Waals surface area contributed by atoms with E-state index in [1.165, 1.54) is 0 Å². The molecule has 0 aliphatic carbocycles. The van der Waals surface area contributed by atoms with Crippen LogP contribution in [0.2, 0.25) is 0 Å². The van der Waals surface area contributed by atoms with Crippen LogP contribution in [0.3, 0.4) is 0 Å². The Morgan fingerprint density at radius 1 is 1.36 bits per heavy atom. The van der Waals surface area contributed by atoms with E-state index in [2.05, 4.69) is 6.58 Å². The smallest absolute Gasteiger partial charge is 0.333 e. The van der Waals surface area contributed by atoms with Gasteiger partial charge >= 0.3 is 11.9 Å². The van der Waals surface area contributed by atoms with Gasteiger partial charge in [-0.3, -0.25) is 4.79 Å². The largest absolute Gasteiger partial charge is 0.481 e. The van der Waals surface area contributed by atoms with E-state index < -0.39 is 5.97 Å². The van der Waals surface area contributed by atoms with E-state index in [0.717, 1.165) is 6.42 Å². The first-order valence-electron chi connectivity index (χ1n) is 4.50. The van der Waals surface area contributed by atoms with Crippen molar-refractivity contribution in [2.75, 3.05) is 6.61 Å². The van der Waals surface area contributed by atoms with Crippen LogP contribution >= 0.6 is 0 Å². The maximum absolute atomic E-state index is 10.6. The second-order valence-corrected chi connectivity index (χ2v) is 2.66. The van der Waals surface area contributed by atoms with Crippen molar-refractivity contribution in [1.82, 2.24) is 0 Å². The van der Waals surface area contributed by atoms with Gasteiger partial charge in [-0.1, -0.05) is 20.4 Å². The number of esters is 1. The molecule has 0 rings (SSSR count). The summed E-state index contributed by atoms with van der Waals surface area (Å²) >= 11 is 0. The van der Waals surface area contributed by atoms with Gasteiger partial charge in [0.2, 0.25) is 0 Å². The van der Waals surface area contributed by atoms with E-state index in [9.17, 15) is 9.59 Å². The van der Waals surface area contributed by atoms with Crippen LogP contribution in [-0.2, 0) is 14.3 Å². The number of hydrogen-bond acceptors (Lipinski definition) is 3. The van der Waals surface area contributed by atoms with Crippen molar-refractivity contribution in [1.29, 1.82) is 0 Å². The van der Waals surface area contributed by atoms with Crippen LogP contribution in [0.1, 0.15) is 33.6 Å². The molecule has 1 N–H and O–H groups in total. The molecule has 0 saturated heterocycles. The standard InChI is InChI=1S/C7H12O2.C3H6O2/c1-4-5-9-7(8)6(2)3;1-2-3(4)5/h2,4-5H2,1,3H3;2H2,1H3,(H,4,5). The highest BCUT2D eigenvalue weighted by atomic mass is 16.5. The van der Waals surface area contributed by atoms with Crippen molar-refractivity contribution in [3.05, 3.63) is 12.2 Å². The van der Waals surface area contributed by atoms with Crippen LogP contribution in [0, 0.1) is 0 Å². The molecule has 0 bridgehead atoms. The summed E-state index contributed by atoms with van der Waals surface area (Å²) in [7, 11) is 0.